The number of thiazole rings is 1. The lowest BCUT2D eigenvalue weighted by Crippen LogP contribution is -2.42. The number of amides is 1. The Labute approximate surface area is 144 Å². The van der Waals surface area contributed by atoms with Gasteiger partial charge in [0.15, 0.2) is 0 Å². The molecule has 0 aliphatic heterocycles. The SMILES string of the molecule is Cc1ncsc1C(=O)N[C@H](C[C@@H]1CCCc2ccccc21)C(=O)O. The lowest BCUT2D eigenvalue weighted by atomic mass is 9.79. The molecule has 0 spiro atoms. The molecule has 0 saturated carbocycles. The van der Waals surface area contributed by atoms with Crippen LogP contribution in [0.5, 0.6) is 0 Å². The first kappa shape index (κ1) is 16.6. The number of carboxylic acids is 1. The number of hydrogen-bond donors (Lipinski definition) is 2. The molecule has 0 saturated heterocycles. The molecule has 1 aliphatic rings. The third-order valence-corrected chi connectivity index (χ3v) is 5.50. The highest BCUT2D eigenvalue weighted by molar-refractivity contribution is 7.11. The topological polar surface area (TPSA) is 79.3 Å². The zero-order chi connectivity index (χ0) is 17.1. The summed E-state index contributed by atoms with van der Waals surface area (Å²) < 4.78 is 0. The maximum Gasteiger partial charge on any atom is 0.326 e. The predicted molar refractivity (Wildman–Crippen MR) is 92.5 cm³/mol. The monoisotopic (exact) mass is 344 g/mol. The molecular formula is C18H20N2O3S. The molecule has 126 valence electrons. The number of rotatable bonds is 5. The summed E-state index contributed by atoms with van der Waals surface area (Å²) >= 11 is 1.23. The number of carbonyl (C=O) groups is 2. The minimum Gasteiger partial charge on any atom is -0.480 e. The summed E-state index contributed by atoms with van der Waals surface area (Å²) in [5.41, 5.74) is 4.74. The molecule has 0 radical (unpaired) electrons. The molecule has 1 amide bonds. The van der Waals surface area contributed by atoms with Gasteiger partial charge in [-0.05, 0) is 49.7 Å². The van der Waals surface area contributed by atoms with E-state index in [4.69, 9.17) is 0 Å². The average Bonchev–Trinajstić information content (AvgIpc) is 3.00. The Hall–Kier alpha value is -2.21. The van der Waals surface area contributed by atoms with Gasteiger partial charge >= 0.3 is 5.97 Å². The Morgan fingerprint density at radius 1 is 1.42 bits per heavy atom. The van der Waals surface area contributed by atoms with E-state index in [0.29, 0.717) is 17.0 Å². The smallest absolute Gasteiger partial charge is 0.326 e. The third-order valence-electron chi connectivity index (χ3n) is 4.57. The molecule has 2 atom stereocenters. The molecule has 2 aromatic rings. The van der Waals surface area contributed by atoms with Gasteiger partial charge in [0.1, 0.15) is 10.9 Å². The van der Waals surface area contributed by atoms with E-state index in [1.54, 1.807) is 12.4 Å². The van der Waals surface area contributed by atoms with Gasteiger partial charge < -0.3 is 10.4 Å². The zero-order valence-electron chi connectivity index (χ0n) is 13.5. The lowest BCUT2D eigenvalue weighted by Gasteiger charge is -2.28. The van der Waals surface area contributed by atoms with E-state index in [1.165, 1.54) is 22.5 Å². The summed E-state index contributed by atoms with van der Waals surface area (Å²) in [5, 5.41) is 12.2. The van der Waals surface area contributed by atoms with Gasteiger partial charge in [-0.1, -0.05) is 24.3 Å². The molecule has 0 fully saturated rings. The maximum absolute atomic E-state index is 12.3. The van der Waals surface area contributed by atoms with Crippen LogP contribution in [0.25, 0.3) is 0 Å². The number of benzene rings is 1. The normalized spacial score (nSPS) is 17.8. The van der Waals surface area contributed by atoms with Crippen molar-refractivity contribution in [2.45, 2.75) is 44.6 Å². The van der Waals surface area contributed by atoms with Crippen LogP contribution in [0, 0.1) is 6.92 Å². The van der Waals surface area contributed by atoms with Crippen LogP contribution < -0.4 is 5.32 Å². The second-order valence-electron chi connectivity index (χ2n) is 6.15. The Morgan fingerprint density at radius 2 is 2.21 bits per heavy atom. The van der Waals surface area contributed by atoms with Crippen molar-refractivity contribution < 1.29 is 14.7 Å². The molecule has 0 unspecified atom stereocenters. The summed E-state index contributed by atoms with van der Waals surface area (Å²) in [5.74, 6) is -1.18. The number of nitrogens with one attached hydrogen (secondary N) is 1. The number of aromatic nitrogens is 1. The van der Waals surface area contributed by atoms with Crippen molar-refractivity contribution in [3.8, 4) is 0 Å². The Morgan fingerprint density at radius 3 is 2.92 bits per heavy atom. The van der Waals surface area contributed by atoms with Crippen molar-refractivity contribution in [3.63, 3.8) is 0 Å². The van der Waals surface area contributed by atoms with Crippen LogP contribution in [-0.4, -0.2) is 28.0 Å². The fraction of sp³-hybridized carbons (Fsp3) is 0.389. The van der Waals surface area contributed by atoms with Gasteiger partial charge in [-0.15, -0.1) is 11.3 Å². The number of aliphatic carboxylic acids is 1. The van der Waals surface area contributed by atoms with Crippen LogP contribution in [0.2, 0.25) is 0 Å². The largest absolute Gasteiger partial charge is 0.480 e. The van der Waals surface area contributed by atoms with E-state index in [-0.39, 0.29) is 11.8 Å². The number of carboxylic acid groups (broad SMARTS) is 1. The van der Waals surface area contributed by atoms with E-state index < -0.39 is 12.0 Å². The van der Waals surface area contributed by atoms with E-state index in [1.807, 2.05) is 12.1 Å². The minimum absolute atomic E-state index is 0.166. The Balaban J connectivity index is 1.75. The van der Waals surface area contributed by atoms with E-state index >= 15 is 0 Å². The Kier molecular flexibility index (Phi) is 4.94. The van der Waals surface area contributed by atoms with Crippen LogP contribution in [0.3, 0.4) is 0 Å². The summed E-state index contributed by atoms with van der Waals surface area (Å²) in [6.45, 7) is 1.75. The summed E-state index contributed by atoms with van der Waals surface area (Å²) in [6, 6.07) is 7.30. The van der Waals surface area contributed by atoms with Gasteiger partial charge in [-0.2, -0.15) is 0 Å². The fourth-order valence-electron chi connectivity index (χ4n) is 3.35. The molecule has 0 bridgehead atoms. The number of aryl methyl sites for hydroxylation is 2. The summed E-state index contributed by atoms with van der Waals surface area (Å²) in [4.78, 5) is 28.5. The van der Waals surface area contributed by atoms with Crippen molar-refractivity contribution in [2.24, 2.45) is 0 Å². The van der Waals surface area contributed by atoms with Gasteiger partial charge in [0.05, 0.1) is 11.2 Å². The van der Waals surface area contributed by atoms with Gasteiger partial charge in [0, 0.05) is 0 Å². The molecule has 2 N–H and O–H groups in total. The average molecular weight is 344 g/mol. The van der Waals surface area contributed by atoms with E-state index in [9.17, 15) is 14.7 Å². The second kappa shape index (κ2) is 7.13. The lowest BCUT2D eigenvalue weighted by molar-refractivity contribution is -0.139. The van der Waals surface area contributed by atoms with Crippen molar-refractivity contribution in [3.05, 3.63) is 51.5 Å². The highest BCUT2D eigenvalue weighted by Gasteiger charge is 2.29. The maximum atomic E-state index is 12.3. The van der Waals surface area contributed by atoms with Crippen molar-refractivity contribution in [1.82, 2.24) is 10.3 Å². The highest BCUT2D eigenvalue weighted by atomic mass is 32.1. The standard InChI is InChI=1S/C18H20N2O3S/c1-11-16(24-10-19-11)17(21)20-15(18(22)23)9-13-7-4-6-12-5-2-3-8-14(12)13/h2-3,5,8,10,13,15H,4,6-7,9H2,1H3,(H,20,21)(H,22,23)/t13-,15+/m0/s1. The van der Waals surface area contributed by atoms with E-state index in [0.717, 1.165) is 19.3 Å². The van der Waals surface area contributed by atoms with Crippen molar-refractivity contribution in [1.29, 1.82) is 0 Å². The molecule has 1 aromatic heterocycles. The zero-order valence-corrected chi connectivity index (χ0v) is 14.3. The van der Waals surface area contributed by atoms with Crippen LogP contribution in [0.15, 0.2) is 29.8 Å². The molecule has 1 aliphatic carbocycles. The first-order valence-corrected chi connectivity index (χ1v) is 8.95. The summed E-state index contributed by atoms with van der Waals surface area (Å²) in [7, 11) is 0. The molecule has 1 heterocycles. The molecule has 3 rings (SSSR count). The highest BCUT2D eigenvalue weighted by Crippen LogP contribution is 2.34. The van der Waals surface area contributed by atoms with Crippen LogP contribution in [0.1, 0.15) is 51.7 Å². The van der Waals surface area contributed by atoms with Crippen LogP contribution >= 0.6 is 11.3 Å². The molecular weight excluding hydrogens is 324 g/mol. The third kappa shape index (κ3) is 3.48. The van der Waals surface area contributed by atoms with Crippen molar-refractivity contribution in [2.75, 3.05) is 0 Å². The van der Waals surface area contributed by atoms with E-state index in [2.05, 4.69) is 22.4 Å². The number of fused-ring (bicyclic) bond motifs is 1. The van der Waals surface area contributed by atoms with Gasteiger partial charge in [-0.25, -0.2) is 9.78 Å². The molecule has 5 nitrogen and oxygen atoms in total. The first-order valence-electron chi connectivity index (χ1n) is 8.08. The van der Waals surface area contributed by atoms with Crippen LogP contribution in [-0.2, 0) is 11.2 Å². The quantitative estimate of drug-likeness (QED) is 0.873. The molecule has 1 aromatic carbocycles. The first-order chi connectivity index (χ1) is 11.6. The Bertz CT molecular complexity index is 756. The number of nitrogens with zero attached hydrogens (tertiary/aromatic N) is 1. The number of carbonyl (C=O) groups excluding carboxylic acids is 1. The van der Waals surface area contributed by atoms with Gasteiger partial charge in [-0.3, -0.25) is 4.79 Å². The predicted octanol–water partition coefficient (Wildman–Crippen LogP) is 3.14. The van der Waals surface area contributed by atoms with Gasteiger partial charge in [0.2, 0.25) is 0 Å². The van der Waals surface area contributed by atoms with Gasteiger partial charge in [0.25, 0.3) is 5.91 Å². The summed E-state index contributed by atoms with van der Waals surface area (Å²) in [6.07, 6.45) is 3.46. The number of hydrogen-bond acceptors (Lipinski definition) is 4. The van der Waals surface area contributed by atoms with Crippen molar-refractivity contribution >= 4 is 23.2 Å². The van der Waals surface area contributed by atoms with Crippen LogP contribution in [0.4, 0.5) is 0 Å². The second-order valence-corrected chi connectivity index (χ2v) is 7.01. The molecule has 24 heavy (non-hydrogen) atoms. The molecule has 6 heteroatoms. The minimum atomic E-state index is -0.992. The fourth-order valence-corrected chi connectivity index (χ4v) is 4.05.